The van der Waals surface area contributed by atoms with Crippen LogP contribution >= 0.6 is 0 Å². The number of halogens is 3. The molecule has 7 nitrogen and oxygen atoms in total. The van der Waals surface area contributed by atoms with Crippen LogP contribution in [-0.2, 0) is 6.18 Å². The highest BCUT2D eigenvalue weighted by atomic mass is 19.4. The molecule has 1 atom stereocenters. The lowest BCUT2D eigenvalue weighted by molar-refractivity contribution is -0.139. The van der Waals surface area contributed by atoms with Gasteiger partial charge in [0.05, 0.1) is 12.6 Å². The molecule has 2 aliphatic rings. The largest absolute Gasteiger partial charge is 0.477 e. The van der Waals surface area contributed by atoms with E-state index >= 15 is 0 Å². The molecule has 1 unspecified atom stereocenters. The number of nitrogens with one attached hydrogen (secondary N) is 1. The first-order valence-corrected chi connectivity index (χ1v) is 9.13. The molecule has 2 aliphatic carbocycles. The lowest BCUT2D eigenvalue weighted by atomic mass is 10.1. The maximum atomic E-state index is 13.2. The fourth-order valence-corrected chi connectivity index (χ4v) is 2.85. The topological polar surface area (TPSA) is 90.1 Å². The molecule has 0 aliphatic heterocycles. The number of aromatic nitrogens is 3. The van der Waals surface area contributed by atoms with Crippen molar-refractivity contribution < 1.29 is 27.2 Å². The van der Waals surface area contributed by atoms with E-state index in [0.717, 1.165) is 37.8 Å². The minimum Gasteiger partial charge on any atom is -0.477 e. The van der Waals surface area contributed by atoms with Gasteiger partial charge in [-0.1, -0.05) is 5.16 Å². The minimum atomic E-state index is -4.61. The van der Waals surface area contributed by atoms with Crippen LogP contribution in [0.5, 0.6) is 5.88 Å². The van der Waals surface area contributed by atoms with Crippen LogP contribution in [-0.4, -0.2) is 27.6 Å². The number of ether oxygens (including phenoxy) is 1. The van der Waals surface area contributed by atoms with Gasteiger partial charge in [-0.25, -0.2) is 4.98 Å². The Morgan fingerprint density at radius 2 is 2.04 bits per heavy atom. The molecule has 0 radical (unpaired) electrons. The third-order valence-corrected chi connectivity index (χ3v) is 4.75. The van der Waals surface area contributed by atoms with Crippen molar-refractivity contribution in [2.45, 2.75) is 44.8 Å². The Balaban J connectivity index is 1.54. The average Bonchev–Trinajstić information content (AvgIpc) is 3.56. The summed E-state index contributed by atoms with van der Waals surface area (Å²) in [7, 11) is 0. The highest BCUT2D eigenvalue weighted by Gasteiger charge is 2.38. The van der Waals surface area contributed by atoms with E-state index in [-0.39, 0.29) is 24.1 Å². The molecule has 2 aromatic heterocycles. The van der Waals surface area contributed by atoms with Crippen LogP contribution in [0.2, 0.25) is 0 Å². The van der Waals surface area contributed by atoms with E-state index in [9.17, 15) is 18.0 Å². The second-order valence-electron chi connectivity index (χ2n) is 7.26. The highest BCUT2D eigenvalue weighted by Crippen LogP contribution is 2.40. The van der Waals surface area contributed by atoms with E-state index in [1.54, 1.807) is 6.92 Å². The predicted octanol–water partition coefficient (Wildman–Crippen LogP) is 3.46. The summed E-state index contributed by atoms with van der Waals surface area (Å²) in [6.07, 6.45) is -0.966. The van der Waals surface area contributed by atoms with Crippen molar-refractivity contribution in [2.75, 3.05) is 6.61 Å². The number of aryl methyl sites for hydroxylation is 1. The van der Waals surface area contributed by atoms with E-state index < -0.39 is 29.6 Å². The molecule has 4 rings (SSSR count). The van der Waals surface area contributed by atoms with Crippen molar-refractivity contribution in [1.82, 2.24) is 20.4 Å². The summed E-state index contributed by atoms with van der Waals surface area (Å²) >= 11 is 0. The molecule has 2 saturated carbocycles. The van der Waals surface area contributed by atoms with Crippen LogP contribution in [0.15, 0.2) is 16.7 Å². The number of pyridine rings is 1. The third kappa shape index (κ3) is 4.26. The molecule has 0 spiro atoms. The van der Waals surface area contributed by atoms with Crippen molar-refractivity contribution in [3.63, 3.8) is 0 Å². The molecule has 0 bridgehead atoms. The summed E-state index contributed by atoms with van der Waals surface area (Å²) in [6.45, 7) is 1.80. The summed E-state index contributed by atoms with van der Waals surface area (Å²) in [4.78, 5) is 20.6. The first-order valence-electron chi connectivity index (χ1n) is 9.13. The Kier molecular flexibility index (Phi) is 4.72. The Labute approximate surface area is 158 Å². The Morgan fingerprint density at radius 1 is 1.29 bits per heavy atom. The standard InChI is InChI=1S/C18H19F3N4O3/c1-9-22-15(25-28-9)14(11-4-5-11)24-16(26)13-7-6-12(18(19,20)21)17(23-13)27-8-10-2-3-10/h6-7,10-11,14H,2-5,8H2,1H3,(H,24,26). The molecule has 28 heavy (non-hydrogen) atoms. The molecule has 150 valence electrons. The van der Waals surface area contributed by atoms with Gasteiger partial charge in [-0.2, -0.15) is 18.2 Å². The van der Waals surface area contributed by atoms with Crippen molar-refractivity contribution in [2.24, 2.45) is 11.8 Å². The molecule has 0 aromatic carbocycles. The monoisotopic (exact) mass is 396 g/mol. The van der Waals surface area contributed by atoms with Crippen LogP contribution in [0.4, 0.5) is 13.2 Å². The van der Waals surface area contributed by atoms with Gasteiger partial charge in [0.1, 0.15) is 11.3 Å². The smallest absolute Gasteiger partial charge is 0.421 e. The number of hydrogen-bond acceptors (Lipinski definition) is 6. The molecule has 1 N–H and O–H groups in total. The van der Waals surface area contributed by atoms with Crippen LogP contribution < -0.4 is 10.1 Å². The molecule has 0 saturated heterocycles. The zero-order valence-corrected chi connectivity index (χ0v) is 15.1. The Bertz CT molecular complexity index is 875. The van der Waals surface area contributed by atoms with Crippen LogP contribution in [0.3, 0.4) is 0 Å². The fourth-order valence-electron chi connectivity index (χ4n) is 2.85. The maximum Gasteiger partial charge on any atom is 0.421 e. The number of amides is 1. The summed E-state index contributed by atoms with van der Waals surface area (Å²) in [5.74, 6) is -0.0272. The van der Waals surface area contributed by atoms with Crippen molar-refractivity contribution in [3.05, 3.63) is 35.1 Å². The maximum absolute atomic E-state index is 13.2. The van der Waals surface area contributed by atoms with Gasteiger partial charge in [-0.3, -0.25) is 4.79 Å². The quantitative estimate of drug-likeness (QED) is 0.771. The van der Waals surface area contributed by atoms with Crippen LogP contribution in [0.1, 0.15) is 59.5 Å². The van der Waals surface area contributed by atoms with Gasteiger partial charge in [0.25, 0.3) is 5.91 Å². The van der Waals surface area contributed by atoms with Gasteiger partial charge in [-0.15, -0.1) is 0 Å². The molecule has 10 heteroatoms. The zero-order chi connectivity index (χ0) is 19.9. The van der Waals surface area contributed by atoms with Crippen molar-refractivity contribution in [3.8, 4) is 5.88 Å². The SMILES string of the molecule is Cc1nc(C(NC(=O)c2ccc(C(F)(F)F)c(OCC3CC3)n2)C2CC2)no1. The van der Waals surface area contributed by atoms with E-state index in [2.05, 4.69) is 20.4 Å². The van der Waals surface area contributed by atoms with Crippen LogP contribution in [0.25, 0.3) is 0 Å². The first-order chi connectivity index (χ1) is 13.3. The van der Waals surface area contributed by atoms with E-state index in [4.69, 9.17) is 9.26 Å². The molecule has 2 heterocycles. The fraction of sp³-hybridized carbons (Fsp3) is 0.556. The summed E-state index contributed by atoms with van der Waals surface area (Å²) in [5.41, 5.74) is -1.14. The summed E-state index contributed by atoms with van der Waals surface area (Å²) < 4.78 is 49.9. The minimum absolute atomic E-state index is 0.148. The van der Waals surface area contributed by atoms with Gasteiger partial charge >= 0.3 is 6.18 Å². The number of alkyl halides is 3. The molecule has 1 amide bonds. The van der Waals surface area contributed by atoms with Gasteiger partial charge in [0.2, 0.25) is 11.8 Å². The first kappa shape index (κ1) is 18.7. The average molecular weight is 396 g/mol. The van der Waals surface area contributed by atoms with E-state index in [1.165, 1.54) is 0 Å². The molecule has 2 aromatic rings. The third-order valence-electron chi connectivity index (χ3n) is 4.75. The molecular weight excluding hydrogens is 377 g/mol. The van der Waals surface area contributed by atoms with Gasteiger partial charge in [-0.05, 0) is 49.7 Å². The number of hydrogen-bond donors (Lipinski definition) is 1. The molecule has 2 fully saturated rings. The normalized spacial score (nSPS) is 18.0. The second kappa shape index (κ2) is 7.06. The number of nitrogens with zero attached hydrogens (tertiary/aromatic N) is 3. The summed E-state index contributed by atoms with van der Waals surface area (Å²) in [6, 6.07) is 1.41. The zero-order valence-electron chi connectivity index (χ0n) is 15.1. The number of rotatable bonds is 7. The Morgan fingerprint density at radius 3 is 2.61 bits per heavy atom. The number of carbonyl (C=O) groups excluding carboxylic acids is 1. The predicted molar refractivity (Wildman–Crippen MR) is 89.4 cm³/mol. The lowest BCUT2D eigenvalue weighted by Gasteiger charge is -2.16. The Hall–Kier alpha value is -2.65. The van der Waals surface area contributed by atoms with E-state index in [0.29, 0.717) is 11.7 Å². The van der Waals surface area contributed by atoms with E-state index in [1.807, 2.05) is 0 Å². The molecular formula is C18H19F3N4O3. The van der Waals surface area contributed by atoms with Gasteiger partial charge in [0, 0.05) is 6.92 Å². The lowest BCUT2D eigenvalue weighted by Crippen LogP contribution is -2.31. The number of carbonyl (C=O) groups is 1. The van der Waals surface area contributed by atoms with Crippen molar-refractivity contribution in [1.29, 1.82) is 0 Å². The van der Waals surface area contributed by atoms with Crippen molar-refractivity contribution >= 4 is 5.91 Å². The van der Waals surface area contributed by atoms with Crippen LogP contribution in [0, 0.1) is 18.8 Å². The van der Waals surface area contributed by atoms with Gasteiger partial charge < -0.3 is 14.6 Å². The highest BCUT2D eigenvalue weighted by molar-refractivity contribution is 5.92. The second-order valence-corrected chi connectivity index (χ2v) is 7.26. The van der Waals surface area contributed by atoms with Gasteiger partial charge in [0.15, 0.2) is 5.82 Å². The summed E-state index contributed by atoms with van der Waals surface area (Å²) in [5, 5.41) is 6.61.